The lowest BCUT2D eigenvalue weighted by molar-refractivity contribution is -0.172. The zero-order valence-electron chi connectivity index (χ0n) is 78.5. The fraction of sp³-hybridized carbons (Fsp3) is 0.654. The largest absolute Gasteiger partial charge is 0.456 e. The van der Waals surface area contributed by atoms with Crippen molar-refractivity contribution < 1.29 is 134 Å². The van der Waals surface area contributed by atoms with Gasteiger partial charge in [0, 0.05) is 43.9 Å². The van der Waals surface area contributed by atoms with E-state index in [4.69, 9.17) is 66.3 Å². The van der Waals surface area contributed by atoms with Crippen LogP contribution in [0.25, 0.3) is 0 Å². The Hall–Kier alpha value is -6.59. The van der Waals surface area contributed by atoms with Crippen LogP contribution in [0, 0.1) is 40.9 Å². The Kier molecular flexibility index (Phi) is 29.2. The highest BCUT2D eigenvalue weighted by Crippen LogP contribution is 2.71. The van der Waals surface area contributed by atoms with Crippen LogP contribution >= 0.6 is 0 Å². The Labute approximate surface area is 772 Å². The van der Waals surface area contributed by atoms with Gasteiger partial charge in [-0.15, -0.1) is 0 Å². The van der Waals surface area contributed by atoms with Gasteiger partial charge in [0.15, 0.2) is 48.2 Å². The zero-order valence-corrected chi connectivity index (χ0v) is 78.5. The summed E-state index contributed by atoms with van der Waals surface area (Å²) >= 11 is 0. The number of fused-ring (bicyclic) bond motifs is 12. The minimum atomic E-state index is -1.43. The Bertz CT molecular complexity index is 4560. The Balaban J connectivity index is 0.000000116. The Morgan fingerprint density at radius 3 is 1.23 bits per heavy atom. The van der Waals surface area contributed by atoms with E-state index in [1.165, 1.54) is 13.8 Å². The number of carbonyl (C=O) groups excluding carboxylic acids is 2. The smallest absolute Gasteiger partial charge is 0.303 e. The van der Waals surface area contributed by atoms with E-state index >= 15 is 0 Å². The van der Waals surface area contributed by atoms with Gasteiger partial charge in [0.2, 0.25) is 0 Å². The van der Waals surface area contributed by atoms with Crippen LogP contribution in [-0.4, -0.2) is 251 Å². The third-order valence-electron chi connectivity index (χ3n) is 31.2. The number of hydrogen-bond acceptors (Lipinski definition) is 23. The lowest BCUT2D eigenvalue weighted by Gasteiger charge is -2.33. The first-order chi connectivity index (χ1) is 62.4. The predicted molar refractivity (Wildman–Crippen MR) is 477 cm³/mol. The molecule has 0 radical (unpaired) electrons. The Morgan fingerprint density at radius 1 is 0.394 bits per heavy atom. The molecule has 41 atom stereocenters. The van der Waals surface area contributed by atoms with Crippen LogP contribution in [0.15, 0.2) is 182 Å². The molecular weight excluding hydrogens is 1710 g/mol. The number of esters is 2. The molecular formula is C104H137F5O23. The summed E-state index contributed by atoms with van der Waals surface area (Å²) < 4.78 is 149. The fourth-order valence-corrected chi connectivity index (χ4v) is 23.8. The molecule has 726 valence electrons. The van der Waals surface area contributed by atoms with Crippen molar-refractivity contribution in [1.82, 2.24) is 0 Å². The summed E-state index contributed by atoms with van der Waals surface area (Å²) in [6.45, 7) is 30.9. The molecule has 13 fully saturated rings. The molecule has 8 saturated heterocycles. The van der Waals surface area contributed by atoms with E-state index in [1.54, 1.807) is 34.6 Å². The molecule has 18 aliphatic rings. The van der Waals surface area contributed by atoms with E-state index < -0.39 is 160 Å². The molecule has 0 unspecified atom stereocenters. The van der Waals surface area contributed by atoms with E-state index in [0.29, 0.717) is 70.9 Å². The van der Waals surface area contributed by atoms with E-state index in [-0.39, 0.29) is 89.8 Å². The first-order valence-corrected chi connectivity index (χ1v) is 47.3. The van der Waals surface area contributed by atoms with Gasteiger partial charge in [-0.3, -0.25) is 9.59 Å². The van der Waals surface area contributed by atoms with Crippen molar-refractivity contribution in [2.75, 3.05) is 0 Å². The minimum Gasteiger partial charge on any atom is -0.456 e. The molecule has 0 spiro atoms. The number of hydrogen-bond donors (Lipinski definition) is 7. The van der Waals surface area contributed by atoms with Crippen molar-refractivity contribution in [1.29, 1.82) is 0 Å². The number of aliphatic hydroxyl groups excluding tert-OH is 3. The number of aliphatic hydroxyl groups is 7. The highest BCUT2D eigenvalue weighted by molar-refractivity contribution is 5.67. The van der Waals surface area contributed by atoms with Crippen molar-refractivity contribution in [2.24, 2.45) is 40.9 Å². The molecule has 22 rings (SSSR count). The summed E-state index contributed by atoms with van der Waals surface area (Å²) in [4.78, 5) is 22.6. The van der Waals surface area contributed by atoms with Crippen LogP contribution in [0.4, 0.5) is 22.0 Å². The van der Waals surface area contributed by atoms with Crippen LogP contribution < -0.4 is 0 Å². The quantitative estimate of drug-likeness (QED) is 0.0350. The zero-order chi connectivity index (χ0) is 95.1. The van der Waals surface area contributed by atoms with Gasteiger partial charge >= 0.3 is 11.9 Å². The second-order valence-corrected chi connectivity index (χ2v) is 40.8. The molecule has 10 aliphatic carbocycles. The van der Waals surface area contributed by atoms with Gasteiger partial charge < -0.3 is 102 Å². The molecule has 28 heteroatoms. The lowest BCUT2D eigenvalue weighted by atomic mass is 9.88. The molecule has 0 aromatic heterocycles. The molecule has 132 heavy (non-hydrogen) atoms. The molecule has 0 amide bonds. The van der Waals surface area contributed by atoms with Crippen molar-refractivity contribution in [3.8, 4) is 0 Å². The fourth-order valence-electron chi connectivity index (χ4n) is 23.8. The van der Waals surface area contributed by atoms with Crippen LogP contribution in [0.2, 0.25) is 0 Å². The molecule has 8 aliphatic heterocycles. The van der Waals surface area contributed by atoms with Crippen LogP contribution in [0.5, 0.6) is 0 Å². The van der Waals surface area contributed by atoms with Crippen LogP contribution in [0.1, 0.15) is 178 Å². The molecule has 4 aromatic rings. The highest BCUT2D eigenvalue weighted by Gasteiger charge is 2.80. The number of ether oxygens (including phenoxy) is 14. The summed E-state index contributed by atoms with van der Waals surface area (Å²) in [5.74, 6) is 0.659. The summed E-state index contributed by atoms with van der Waals surface area (Å²) in [6.07, 6.45) is 7.42. The molecule has 5 saturated carbocycles. The summed E-state index contributed by atoms with van der Waals surface area (Å²) in [7, 11) is 0. The highest BCUT2D eigenvalue weighted by atomic mass is 19.2. The van der Waals surface area contributed by atoms with Gasteiger partial charge in [-0.05, 0) is 152 Å². The van der Waals surface area contributed by atoms with E-state index in [9.17, 15) is 67.3 Å². The first kappa shape index (κ1) is 99.9. The third-order valence-corrected chi connectivity index (χ3v) is 31.2. The number of carbonyl (C=O) groups is 2. The van der Waals surface area contributed by atoms with E-state index in [0.717, 1.165) is 34.2 Å². The second kappa shape index (κ2) is 38.7. The SMILES string of the molecule is CC(=O)O[C@H]1[C@H](C)O[C@@H]2[C@H](C)C=C[C@@]21OCc1ccccc1.CC(=O)O[C@]12C[C@@H]3C[C@]3(O)[C@H]1O[C@@H](C)[C@@H]2F.CC1=CC[C@@]2(O)[C@@H]1O[C@@H](C)[C@@H]2F.C[C@@H]1C=C[C@@]2(OCc3ccccc3)[C@@H]1O[C@@H](C)[C@@H]2F.C[C@@H]1C=C[C@@]2(OCc3ccccc3)[C@@H]1O[C@@H](C)[C@@H]2O.C[C@@H]1C=C[C@]2(OCc3ccccc3)[C@H](O)[C@H](C)O[C@H]12.C[C@@H]1O[C@@H]2[C@@]3(C)C[C@H]3C[C@]2(O)[C@H]1F.C[C@@H]1O[C@@H]2[C@H](O)CC[C@]2(O)[C@H]1F. The van der Waals surface area contributed by atoms with Gasteiger partial charge in [0.25, 0.3) is 0 Å². The number of rotatable bonds is 14. The molecule has 23 nitrogen and oxygen atoms in total. The van der Waals surface area contributed by atoms with E-state index in [1.807, 2.05) is 192 Å². The lowest BCUT2D eigenvalue weighted by Crippen LogP contribution is -2.50. The monoisotopic (exact) mass is 1850 g/mol. The standard InChI is InChI=1S/C18H22O4.C16H19FO2.2C16H20O3.C11H15FO4.C10H15FO2.C9H13FO2.C8H13FO3/c1-12-9-10-18(20-11-15-7-5-4-6-8-15)16(12)21-13(2)17(18)22-14(3)19;3*1-11-8-9-16(14(17)12(2)19-15(11)16)18-10-13-6-4-3-5-7-13;1-5-8(12)11(16-6(2)13)4-7-3-10(7,14)9(11)15-5;1-5-7(11)10(12)4-6-3-9(6,2)8(10)13-5;1-5-3-4-9(11)7(10)6(2)12-8(5)9;1-4-6(9)8(11)3-2-5(10)7(8)12-4/h4-10,12-13,16-17H,11H2,1-3H3;3-9,11-12,14-15H,10H2,1-2H3;2*3-9,11-12,14-15,17H,10H2,1-2H3;5,7-9,14H,3-4H2,1-2H3;5-8,12H,3-4H2,1-2H3;3,6-8,11H,4H2,1-2H3;4-7,10-11H,2-3H2,1H3/t12-,13+,16-,17+,18-;2*11-,12+,14+,15-,16+;11-,12+,14-,15-,16+;5-,7-,8-,9+,10+,11-;5-,6-,7-,8+,9-,10-;6-,7-,8+,9-;4-,5+,6-,7+,8-/m11110000/s1. The number of halogens is 5. The van der Waals surface area contributed by atoms with Crippen LogP contribution in [0.3, 0.4) is 0 Å². The number of benzene rings is 4. The van der Waals surface area contributed by atoms with Gasteiger partial charge in [-0.1, -0.05) is 205 Å². The molecule has 0 bridgehead atoms. The third kappa shape index (κ3) is 18.2. The first-order valence-electron chi connectivity index (χ1n) is 47.3. The summed E-state index contributed by atoms with van der Waals surface area (Å²) in [6, 6.07) is 39.9. The number of alkyl halides is 5. The van der Waals surface area contributed by atoms with Gasteiger partial charge in [-0.2, -0.15) is 0 Å². The van der Waals surface area contributed by atoms with Crippen molar-refractivity contribution in [2.45, 2.75) is 386 Å². The predicted octanol–water partition coefficient (Wildman–Crippen LogP) is 13.8. The maximum absolute atomic E-state index is 14.5. The normalized spacial score (nSPS) is 47.5. The average molecular weight is 1850 g/mol. The average Bonchev–Trinajstić information content (AvgIpc) is 1.51. The topological polar surface area (TPSA) is 305 Å². The van der Waals surface area contributed by atoms with Gasteiger partial charge in [0.1, 0.15) is 70.2 Å². The summed E-state index contributed by atoms with van der Waals surface area (Å²) in [5.41, 5.74) is -3.69. The minimum absolute atomic E-state index is 0.0163. The summed E-state index contributed by atoms with van der Waals surface area (Å²) in [5, 5.41) is 70.1. The molecule has 8 heterocycles. The maximum Gasteiger partial charge on any atom is 0.303 e. The van der Waals surface area contributed by atoms with Gasteiger partial charge in [-0.25, -0.2) is 22.0 Å². The van der Waals surface area contributed by atoms with Crippen LogP contribution in [-0.2, 0) is 102 Å². The van der Waals surface area contributed by atoms with Gasteiger partial charge in [0.05, 0.1) is 111 Å². The maximum atomic E-state index is 14.5. The van der Waals surface area contributed by atoms with Crippen molar-refractivity contribution >= 4 is 11.9 Å². The van der Waals surface area contributed by atoms with Crippen molar-refractivity contribution in [3.05, 3.63) is 204 Å². The van der Waals surface area contributed by atoms with E-state index in [2.05, 4.69) is 45.9 Å². The second-order valence-electron chi connectivity index (χ2n) is 40.8. The Morgan fingerprint density at radius 2 is 0.765 bits per heavy atom. The molecule has 4 aromatic carbocycles. The molecule has 7 N–H and O–H groups in total. The van der Waals surface area contributed by atoms with Crippen molar-refractivity contribution in [3.63, 3.8) is 0 Å².